The quantitative estimate of drug-likeness (QED) is 0.804. The fraction of sp³-hybridized carbons (Fsp3) is 0.778. The molecule has 0 aromatic carbocycles. The summed E-state index contributed by atoms with van der Waals surface area (Å²) < 4.78 is 0. The Morgan fingerprint density at radius 3 is 2.90 bits per heavy atom. The zero-order valence-electron chi connectivity index (χ0n) is 14.2. The lowest BCUT2D eigenvalue weighted by Gasteiger charge is -2.43. The van der Waals surface area contributed by atoms with E-state index in [4.69, 9.17) is 0 Å². The van der Waals surface area contributed by atoms with Crippen LogP contribution in [0.3, 0.4) is 0 Å². The normalized spacial score (nSPS) is 26.7. The molecule has 1 aromatic heterocycles. The molecule has 0 radical (unpaired) electrons. The maximum absolute atomic E-state index is 3.72. The van der Waals surface area contributed by atoms with Gasteiger partial charge in [-0.3, -0.25) is 0 Å². The van der Waals surface area contributed by atoms with Gasteiger partial charge in [0.05, 0.1) is 0 Å². The molecule has 0 aliphatic heterocycles. The fourth-order valence-corrected chi connectivity index (χ4v) is 4.53. The molecule has 1 aliphatic rings. The third-order valence-corrected chi connectivity index (χ3v) is 5.44. The molecule has 1 heterocycles. The van der Waals surface area contributed by atoms with Crippen LogP contribution in [0, 0.1) is 11.3 Å². The average molecular weight is 309 g/mol. The summed E-state index contributed by atoms with van der Waals surface area (Å²) >= 11 is 1.80. The van der Waals surface area contributed by atoms with Gasteiger partial charge in [-0.15, -0.1) is 0 Å². The van der Waals surface area contributed by atoms with Crippen molar-refractivity contribution in [3.8, 4) is 0 Å². The zero-order valence-corrected chi connectivity index (χ0v) is 15.0. The highest BCUT2D eigenvalue weighted by atomic mass is 32.1. The minimum absolute atomic E-state index is 0.465. The molecule has 0 saturated heterocycles. The van der Waals surface area contributed by atoms with Gasteiger partial charge in [-0.05, 0) is 53.6 Å². The number of hydrogen-bond acceptors (Lipinski definition) is 3. The first-order valence-corrected chi connectivity index (χ1v) is 9.36. The van der Waals surface area contributed by atoms with Crippen molar-refractivity contribution in [3.63, 3.8) is 0 Å². The molecule has 1 fully saturated rings. The molecule has 2 rings (SSSR count). The highest BCUT2D eigenvalue weighted by molar-refractivity contribution is 7.07. The Labute approximate surface area is 134 Å². The molecular formula is C18H32N2S. The van der Waals surface area contributed by atoms with E-state index >= 15 is 0 Å². The van der Waals surface area contributed by atoms with Crippen LogP contribution >= 0.6 is 11.3 Å². The van der Waals surface area contributed by atoms with Crippen LogP contribution in [0.15, 0.2) is 16.8 Å². The number of rotatable bonds is 7. The number of thiophene rings is 1. The van der Waals surface area contributed by atoms with E-state index in [1.165, 1.54) is 44.3 Å². The highest BCUT2D eigenvalue weighted by Crippen LogP contribution is 2.39. The molecule has 2 atom stereocenters. The van der Waals surface area contributed by atoms with Gasteiger partial charge in [0, 0.05) is 25.7 Å². The van der Waals surface area contributed by atoms with Gasteiger partial charge in [0.25, 0.3) is 0 Å². The third kappa shape index (κ3) is 5.39. The standard InChI is InChI=1S/C18H32N2S/c1-15(2)19-13-18(8-5-6-16(3)10-18)14-20(4)11-17-7-9-21-12-17/h7,9,12,15-16,19H,5-6,8,10-11,13-14H2,1-4H3. The van der Waals surface area contributed by atoms with Crippen LogP contribution in [-0.4, -0.2) is 31.1 Å². The van der Waals surface area contributed by atoms with E-state index in [-0.39, 0.29) is 0 Å². The summed E-state index contributed by atoms with van der Waals surface area (Å²) in [7, 11) is 2.29. The summed E-state index contributed by atoms with van der Waals surface area (Å²) in [6.07, 6.45) is 5.57. The molecule has 0 amide bonds. The number of nitrogens with zero attached hydrogens (tertiary/aromatic N) is 1. The monoisotopic (exact) mass is 308 g/mol. The Morgan fingerprint density at radius 2 is 2.29 bits per heavy atom. The Kier molecular flexibility index (Phi) is 6.27. The molecule has 1 saturated carbocycles. The Bertz CT molecular complexity index is 401. The van der Waals surface area contributed by atoms with Gasteiger partial charge in [-0.1, -0.05) is 33.6 Å². The molecule has 1 N–H and O–H groups in total. The molecule has 0 spiro atoms. The van der Waals surface area contributed by atoms with Crippen LogP contribution in [0.1, 0.15) is 52.0 Å². The Balaban J connectivity index is 1.97. The molecule has 3 heteroatoms. The Hall–Kier alpha value is -0.380. The first-order valence-electron chi connectivity index (χ1n) is 8.42. The van der Waals surface area contributed by atoms with E-state index in [9.17, 15) is 0 Å². The summed E-state index contributed by atoms with van der Waals surface area (Å²) in [6.45, 7) is 10.4. The van der Waals surface area contributed by atoms with Gasteiger partial charge in [0.2, 0.25) is 0 Å². The molecule has 120 valence electrons. The number of hydrogen-bond donors (Lipinski definition) is 1. The second kappa shape index (κ2) is 7.75. The number of nitrogens with one attached hydrogen (secondary N) is 1. The van der Waals surface area contributed by atoms with Gasteiger partial charge < -0.3 is 10.2 Å². The molecule has 0 bridgehead atoms. The van der Waals surface area contributed by atoms with Crippen LogP contribution in [0.25, 0.3) is 0 Å². The van der Waals surface area contributed by atoms with E-state index in [0.29, 0.717) is 11.5 Å². The maximum atomic E-state index is 3.72. The topological polar surface area (TPSA) is 15.3 Å². The van der Waals surface area contributed by atoms with Crippen molar-refractivity contribution in [2.24, 2.45) is 11.3 Å². The summed E-state index contributed by atoms with van der Waals surface area (Å²) in [5, 5.41) is 8.18. The fourth-order valence-electron chi connectivity index (χ4n) is 3.87. The summed E-state index contributed by atoms with van der Waals surface area (Å²) in [5.74, 6) is 0.877. The predicted molar refractivity (Wildman–Crippen MR) is 93.9 cm³/mol. The van der Waals surface area contributed by atoms with Crippen molar-refractivity contribution in [3.05, 3.63) is 22.4 Å². The smallest absolute Gasteiger partial charge is 0.0239 e. The summed E-state index contributed by atoms with van der Waals surface area (Å²) in [5.41, 5.74) is 1.92. The van der Waals surface area contributed by atoms with Crippen LogP contribution < -0.4 is 5.32 Å². The van der Waals surface area contributed by atoms with Crippen molar-refractivity contribution >= 4 is 11.3 Å². The van der Waals surface area contributed by atoms with Gasteiger partial charge in [-0.2, -0.15) is 11.3 Å². The van der Waals surface area contributed by atoms with Gasteiger partial charge in [-0.25, -0.2) is 0 Å². The van der Waals surface area contributed by atoms with Crippen molar-refractivity contribution in [1.82, 2.24) is 10.2 Å². The lowest BCUT2D eigenvalue weighted by Crippen LogP contribution is -2.47. The predicted octanol–water partition coefficient (Wildman–Crippen LogP) is 4.37. The molecular weight excluding hydrogens is 276 g/mol. The van der Waals surface area contributed by atoms with Crippen LogP contribution in [0.4, 0.5) is 0 Å². The summed E-state index contributed by atoms with van der Waals surface area (Å²) in [6, 6.07) is 2.84. The van der Waals surface area contributed by atoms with Crippen molar-refractivity contribution in [2.75, 3.05) is 20.1 Å². The minimum atomic E-state index is 0.465. The largest absolute Gasteiger partial charge is 0.314 e. The molecule has 1 aromatic rings. The van der Waals surface area contributed by atoms with Crippen molar-refractivity contribution in [1.29, 1.82) is 0 Å². The first kappa shape index (κ1) is 17.0. The summed E-state index contributed by atoms with van der Waals surface area (Å²) in [4.78, 5) is 2.53. The van der Waals surface area contributed by atoms with Crippen LogP contribution in [-0.2, 0) is 6.54 Å². The minimum Gasteiger partial charge on any atom is -0.314 e. The SMILES string of the molecule is CC1CCCC(CNC(C)C)(CN(C)Cc2ccsc2)C1. The zero-order chi connectivity index (χ0) is 15.3. The second-order valence-electron chi connectivity index (χ2n) is 7.54. The third-order valence-electron chi connectivity index (χ3n) is 4.71. The molecule has 2 unspecified atom stereocenters. The van der Waals surface area contributed by atoms with E-state index in [1.54, 1.807) is 11.3 Å². The van der Waals surface area contributed by atoms with Gasteiger partial charge >= 0.3 is 0 Å². The van der Waals surface area contributed by atoms with E-state index in [0.717, 1.165) is 12.5 Å². The van der Waals surface area contributed by atoms with E-state index in [1.807, 2.05) is 0 Å². The van der Waals surface area contributed by atoms with Crippen molar-refractivity contribution in [2.45, 2.75) is 59.0 Å². The van der Waals surface area contributed by atoms with E-state index < -0.39 is 0 Å². The van der Waals surface area contributed by atoms with Crippen LogP contribution in [0.5, 0.6) is 0 Å². The van der Waals surface area contributed by atoms with Crippen molar-refractivity contribution < 1.29 is 0 Å². The van der Waals surface area contributed by atoms with Gasteiger partial charge in [0.1, 0.15) is 0 Å². The maximum Gasteiger partial charge on any atom is 0.0239 e. The first-order chi connectivity index (χ1) is 9.99. The lowest BCUT2D eigenvalue weighted by atomic mass is 9.69. The van der Waals surface area contributed by atoms with Crippen LogP contribution in [0.2, 0.25) is 0 Å². The molecule has 1 aliphatic carbocycles. The molecule has 2 nitrogen and oxygen atoms in total. The van der Waals surface area contributed by atoms with E-state index in [2.05, 4.69) is 54.9 Å². The van der Waals surface area contributed by atoms with Gasteiger partial charge in [0.15, 0.2) is 0 Å². The molecule has 21 heavy (non-hydrogen) atoms. The average Bonchev–Trinajstić information content (AvgIpc) is 2.89. The Morgan fingerprint density at radius 1 is 1.48 bits per heavy atom. The highest BCUT2D eigenvalue weighted by Gasteiger charge is 2.35. The second-order valence-corrected chi connectivity index (χ2v) is 8.32. The lowest BCUT2D eigenvalue weighted by molar-refractivity contribution is 0.0869.